The number of aromatic nitrogens is 1. The SMILES string of the molecule is Cc1csc(Sc2ccc(CCN)cc2F)n1. The molecule has 0 atom stereocenters. The molecule has 0 radical (unpaired) electrons. The molecule has 0 amide bonds. The highest BCUT2D eigenvalue weighted by molar-refractivity contribution is 8.01. The lowest BCUT2D eigenvalue weighted by Crippen LogP contribution is -2.02. The molecular weight excluding hydrogens is 255 g/mol. The van der Waals surface area contributed by atoms with Gasteiger partial charge in [0.2, 0.25) is 0 Å². The van der Waals surface area contributed by atoms with Crippen molar-refractivity contribution in [3.63, 3.8) is 0 Å². The summed E-state index contributed by atoms with van der Waals surface area (Å²) in [6.07, 6.45) is 0.707. The van der Waals surface area contributed by atoms with Crippen LogP contribution in [0.2, 0.25) is 0 Å². The molecule has 2 aromatic rings. The minimum Gasteiger partial charge on any atom is -0.330 e. The molecule has 1 aromatic heterocycles. The van der Waals surface area contributed by atoms with Gasteiger partial charge in [0.15, 0.2) is 4.34 Å². The molecule has 0 spiro atoms. The van der Waals surface area contributed by atoms with E-state index in [1.54, 1.807) is 12.1 Å². The number of thiazole rings is 1. The minimum atomic E-state index is -0.200. The summed E-state index contributed by atoms with van der Waals surface area (Å²) in [5.41, 5.74) is 7.34. The van der Waals surface area contributed by atoms with Crippen LogP contribution in [0.1, 0.15) is 11.3 Å². The lowest BCUT2D eigenvalue weighted by molar-refractivity contribution is 0.599. The average molecular weight is 268 g/mol. The molecule has 1 aromatic carbocycles. The molecule has 2 rings (SSSR count). The molecule has 17 heavy (non-hydrogen) atoms. The fraction of sp³-hybridized carbons (Fsp3) is 0.250. The van der Waals surface area contributed by atoms with Crippen molar-refractivity contribution in [3.8, 4) is 0 Å². The first kappa shape index (κ1) is 12.5. The van der Waals surface area contributed by atoms with Crippen molar-refractivity contribution in [1.29, 1.82) is 0 Å². The number of halogens is 1. The second kappa shape index (κ2) is 5.62. The zero-order chi connectivity index (χ0) is 12.3. The van der Waals surface area contributed by atoms with Crippen molar-refractivity contribution in [2.24, 2.45) is 5.73 Å². The third kappa shape index (κ3) is 3.28. The second-order valence-corrected chi connectivity index (χ2v) is 5.81. The smallest absolute Gasteiger partial charge is 0.154 e. The van der Waals surface area contributed by atoms with E-state index in [2.05, 4.69) is 4.98 Å². The highest BCUT2D eigenvalue weighted by atomic mass is 32.2. The Balaban J connectivity index is 2.16. The van der Waals surface area contributed by atoms with Crippen LogP contribution in [0.3, 0.4) is 0 Å². The van der Waals surface area contributed by atoms with Crippen LogP contribution in [-0.4, -0.2) is 11.5 Å². The van der Waals surface area contributed by atoms with Gasteiger partial charge in [-0.3, -0.25) is 0 Å². The van der Waals surface area contributed by atoms with Gasteiger partial charge in [-0.1, -0.05) is 17.8 Å². The number of hydrogen-bond donors (Lipinski definition) is 1. The van der Waals surface area contributed by atoms with E-state index in [1.807, 2.05) is 18.4 Å². The largest absolute Gasteiger partial charge is 0.330 e. The molecule has 1 heterocycles. The fourth-order valence-electron chi connectivity index (χ4n) is 1.42. The highest BCUT2D eigenvalue weighted by Gasteiger charge is 2.07. The Bertz CT molecular complexity index is 511. The quantitative estimate of drug-likeness (QED) is 0.925. The van der Waals surface area contributed by atoms with Crippen LogP contribution < -0.4 is 5.73 Å². The molecular formula is C12H13FN2S2. The number of rotatable bonds is 4. The lowest BCUT2D eigenvalue weighted by atomic mass is 10.1. The van der Waals surface area contributed by atoms with Crippen LogP contribution in [0.25, 0.3) is 0 Å². The van der Waals surface area contributed by atoms with Crippen molar-refractivity contribution in [3.05, 3.63) is 40.7 Å². The van der Waals surface area contributed by atoms with Crippen LogP contribution in [0, 0.1) is 12.7 Å². The van der Waals surface area contributed by atoms with E-state index in [0.29, 0.717) is 17.9 Å². The molecule has 0 aliphatic rings. The predicted molar refractivity (Wildman–Crippen MR) is 70.1 cm³/mol. The molecule has 90 valence electrons. The van der Waals surface area contributed by atoms with Gasteiger partial charge in [-0.25, -0.2) is 9.37 Å². The molecule has 5 heteroatoms. The summed E-state index contributed by atoms with van der Waals surface area (Å²) < 4.78 is 14.6. The van der Waals surface area contributed by atoms with E-state index >= 15 is 0 Å². The highest BCUT2D eigenvalue weighted by Crippen LogP contribution is 2.32. The molecule has 0 fully saturated rings. The monoisotopic (exact) mass is 268 g/mol. The number of benzene rings is 1. The predicted octanol–water partition coefficient (Wildman–Crippen LogP) is 3.24. The summed E-state index contributed by atoms with van der Waals surface area (Å²) in [6, 6.07) is 5.26. The van der Waals surface area contributed by atoms with E-state index in [0.717, 1.165) is 15.6 Å². The van der Waals surface area contributed by atoms with Gasteiger partial charge in [-0.2, -0.15) is 0 Å². The van der Waals surface area contributed by atoms with Crippen LogP contribution in [0.4, 0.5) is 4.39 Å². The average Bonchev–Trinajstić information content (AvgIpc) is 2.69. The number of aryl methyl sites for hydroxylation is 1. The first-order valence-corrected chi connectivity index (χ1v) is 6.97. The summed E-state index contributed by atoms with van der Waals surface area (Å²) in [5, 5.41) is 1.96. The second-order valence-electron chi connectivity index (χ2n) is 3.66. The Morgan fingerprint density at radius 2 is 2.29 bits per heavy atom. The minimum absolute atomic E-state index is 0.200. The van der Waals surface area contributed by atoms with Crippen molar-refractivity contribution in [2.75, 3.05) is 6.54 Å². The van der Waals surface area contributed by atoms with Crippen LogP contribution in [0.15, 0.2) is 32.8 Å². The Morgan fingerprint density at radius 1 is 1.47 bits per heavy atom. The molecule has 0 unspecified atom stereocenters. The maximum Gasteiger partial charge on any atom is 0.154 e. The normalized spacial score (nSPS) is 10.8. The van der Waals surface area contributed by atoms with Crippen molar-refractivity contribution >= 4 is 23.1 Å². The molecule has 2 nitrogen and oxygen atoms in total. The van der Waals surface area contributed by atoms with E-state index in [9.17, 15) is 4.39 Å². The standard InChI is InChI=1S/C12H13FN2S2/c1-8-7-16-12(15-8)17-11-3-2-9(4-5-14)6-10(11)13/h2-3,6-7H,4-5,14H2,1H3. The Labute approximate surface area is 108 Å². The van der Waals surface area contributed by atoms with Gasteiger partial charge in [-0.05, 0) is 37.6 Å². The molecule has 0 saturated carbocycles. The van der Waals surface area contributed by atoms with Gasteiger partial charge >= 0.3 is 0 Å². The first-order chi connectivity index (χ1) is 8.19. The summed E-state index contributed by atoms with van der Waals surface area (Å²) in [4.78, 5) is 4.91. The Morgan fingerprint density at radius 3 is 2.88 bits per heavy atom. The summed E-state index contributed by atoms with van der Waals surface area (Å²) >= 11 is 2.90. The number of hydrogen-bond acceptors (Lipinski definition) is 4. The number of nitrogens with two attached hydrogens (primary N) is 1. The van der Waals surface area contributed by atoms with Crippen molar-refractivity contribution < 1.29 is 4.39 Å². The number of nitrogens with zero attached hydrogens (tertiary/aromatic N) is 1. The van der Waals surface area contributed by atoms with Crippen LogP contribution in [0.5, 0.6) is 0 Å². The molecule has 0 saturated heterocycles. The molecule has 0 aliphatic heterocycles. The van der Waals surface area contributed by atoms with E-state index in [1.165, 1.54) is 23.1 Å². The van der Waals surface area contributed by atoms with Gasteiger partial charge in [-0.15, -0.1) is 11.3 Å². The van der Waals surface area contributed by atoms with E-state index in [-0.39, 0.29) is 5.82 Å². The topological polar surface area (TPSA) is 38.9 Å². The van der Waals surface area contributed by atoms with Crippen molar-refractivity contribution in [2.45, 2.75) is 22.6 Å². The zero-order valence-corrected chi connectivity index (χ0v) is 11.1. The molecule has 0 bridgehead atoms. The molecule has 2 N–H and O–H groups in total. The van der Waals surface area contributed by atoms with Gasteiger partial charge in [0, 0.05) is 11.1 Å². The Hall–Kier alpha value is -0.910. The molecule has 0 aliphatic carbocycles. The van der Waals surface area contributed by atoms with Gasteiger partial charge in [0.05, 0.1) is 4.90 Å². The van der Waals surface area contributed by atoms with Crippen LogP contribution in [-0.2, 0) is 6.42 Å². The zero-order valence-electron chi connectivity index (χ0n) is 9.44. The van der Waals surface area contributed by atoms with E-state index < -0.39 is 0 Å². The third-order valence-electron chi connectivity index (χ3n) is 2.22. The van der Waals surface area contributed by atoms with Crippen molar-refractivity contribution in [1.82, 2.24) is 4.98 Å². The maximum absolute atomic E-state index is 13.8. The third-order valence-corrected chi connectivity index (χ3v) is 4.33. The lowest BCUT2D eigenvalue weighted by Gasteiger charge is -2.03. The fourth-order valence-corrected chi connectivity index (χ4v) is 3.22. The van der Waals surface area contributed by atoms with E-state index in [4.69, 9.17) is 5.73 Å². The summed E-state index contributed by atoms with van der Waals surface area (Å²) in [7, 11) is 0. The summed E-state index contributed by atoms with van der Waals surface area (Å²) in [6.45, 7) is 2.47. The first-order valence-electron chi connectivity index (χ1n) is 5.27. The van der Waals surface area contributed by atoms with Gasteiger partial charge < -0.3 is 5.73 Å². The van der Waals surface area contributed by atoms with Gasteiger partial charge in [0.1, 0.15) is 5.82 Å². The Kier molecular flexibility index (Phi) is 4.15. The summed E-state index contributed by atoms with van der Waals surface area (Å²) in [5.74, 6) is -0.200. The maximum atomic E-state index is 13.8. The van der Waals surface area contributed by atoms with Gasteiger partial charge in [0.25, 0.3) is 0 Å². The van der Waals surface area contributed by atoms with Crippen LogP contribution >= 0.6 is 23.1 Å².